The number of methoxy groups -OCH3 is 2. The molecule has 1 aromatic carbocycles. The Bertz CT molecular complexity index is 1240. The molecule has 54 heavy (non-hydrogen) atoms. The number of benzene rings is 1. The van der Waals surface area contributed by atoms with Crippen molar-refractivity contribution in [2.24, 2.45) is 5.92 Å². The summed E-state index contributed by atoms with van der Waals surface area (Å²) in [5.41, 5.74) is 0.939. The third-order valence-electron chi connectivity index (χ3n) is 11.8. The van der Waals surface area contributed by atoms with Crippen LogP contribution in [0.5, 0.6) is 11.5 Å². The molecule has 3 aliphatic carbocycles. The molecule has 2 bridgehead atoms. The fraction of sp³-hybridized carbons (Fsp3) is 0.850. The molecular formula is C40H65NO13. The first-order valence-electron chi connectivity index (χ1n) is 20.2. The van der Waals surface area contributed by atoms with E-state index in [9.17, 15) is 5.11 Å². The van der Waals surface area contributed by atoms with Crippen molar-refractivity contribution in [3.05, 3.63) is 23.3 Å². The zero-order valence-corrected chi connectivity index (χ0v) is 32.6. The van der Waals surface area contributed by atoms with Crippen LogP contribution in [0.3, 0.4) is 0 Å². The van der Waals surface area contributed by atoms with Gasteiger partial charge in [-0.2, -0.15) is 0 Å². The molecule has 1 N–H and O–H groups in total. The highest BCUT2D eigenvalue weighted by atomic mass is 16.7. The minimum absolute atomic E-state index is 0.0662. The van der Waals surface area contributed by atoms with Crippen LogP contribution in [0.25, 0.3) is 0 Å². The molecule has 5 aliphatic rings. The van der Waals surface area contributed by atoms with Gasteiger partial charge in [0.15, 0.2) is 18.3 Å². The number of hydrogen-bond donors (Lipinski definition) is 1. The van der Waals surface area contributed by atoms with Gasteiger partial charge in [-0.25, -0.2) is 0 Å². The first-order chi connectivity index (χ1) is 26.6. The van der Waals surface area contributed by atoms with Gasteiger partial charge in [0.1, 0.15) is 6.10 Å². The molecule has 14 heteroatoms. The van der Waals surface area contributed by atoms with E-state index >= 15 is 0 Å². The van der Waals surface area contributed by atoms with Gasteiger partial charge in [0, 0.05) is 32.4 Å². The monoisotopic (exact) mass is 767 g/mol. The number of piperidine rings is 1. The van der Waals surface area contributed by atoms with Crippen molar-refractivity contribution >= 4 is 0 Å². The highest BCUT2D eigenvalue weighted by molar-refractivity contribution is 5.63. The summed E-state index contributed by atoms with van der Waals surface area (Å²) in [6.45, 7) is 10.2. The largest absolute Gasteiger partial charge is 0.482 e. The van der Waals surface area contributed by atoms with Gasteiger partial charge in [-0.15, -0.1) is 0 Å². The van der Waals surface area contributed by atoms with E-state index in [-0.39, 0.29) is 25.0 Å². The minimum Gasteiger partial charge on any atom is -0.482 e. The van der Waals surface area contributed by atoms with Gasteiger partial charge in [0.2, 0.25) is 0 Å². The van der Waals surface area contributed by atoms with Crippen molar-refractivity contribution in [2.45, 2.75) is 74.2 Å². The number of aliphatic hydroxyl groups is 1. The van der Waals surface area contributed by atoms with Crippen LogP contribution >= 0.6 is 0 Å². The molecule has 1 spiro atoms. The van der Waals surface area contributed by atoms with Gasteiger partial charge >= 0.3 is 0 Å². The van der Waals surface area contributed by atoms with Gasteiger partial charge in [-0.05, 0) is 62.6 Å². The van der Waals surface area contributed by atoms with Crippen LogP contribution in [0.2, 0.25) is 0 Å². The number of likely N-dealkylation sites (tertiary alicyclic amines) is 1. The Balaban J connectivity index is 0.901. The van der Waals surface area contributed by atoms with Crippen LogP contribution in [-0.4, -0.2) is 174 Å². The Kier molecular flexibility index (Phi) is 16.9. The topological polar surface area (TPSA) is 134 Å². The van der Waals surface area contributed by atoms with Gasteiger partial charge in [0.05, 0.1) is 123 Å². The number of hydrogen-bond acceptors (Lipinski definition) is 14. The van der Waals surface area contributed by atoms with Crippen LogP contribution in [0.15, 0.2) is 12.1 Å². The summed E-state index contributed by atoms with van der Waals surface area (Å²) in [5.74, 6) is 2.15. The van der Waals surface area contributed by atoms with Gasteiger partial charge in [-0.3, -0.25) is 4.90 Å². The van der Waals surface area contributed by atoms with Crippen LogP contribution < -0.4 is 9.47 Å². The predicted molar refractivity (Wildman–Crippen MR) is 198 cm³/mol. The first-order valence-corrected chi connectivity index (χ1v) is 20.2. The average molecular weight is 768 g/mol. The molecule has 1 unspecified atom stereocenters. The molecule has 0 radical (unpaired) electrons. The lowest BCUT2D eigenvalue weighted by Crippen LogP contribution is -2.77. The molecule has 0 aromatic heterocycles. The van der Waals surface area contributed by atoms with Crippen molar-refractivity contribution < 1.29 is 61.9 Å². The quantitative estimate of drug-likeness (QED) is 0.0909. The third-order valence-corrected chi connectivity index (χ3v) is 11.8. The van der Waals surface area contributed by atoms with Crippen LogP contribution in [0, 0.1) is 5.92 Å². The lowest BCUT2D eigenvalue weighted by atomic mass is 9.48. The lowest BCUT2D eigenvalue weighted by molar-refractivity contribution is -0.218. The maximum atomic E-state index is 12.9. The Morgan fingerprint density at radius 3 is 1.85 bits per heavy atom. The van der Waals surface area contributed by atoms with Gasteiger partial charge < -0.3 is 61.9 Å². The van der Waals surface area contributed by atoms with Gasteiger partial charge in [0.25, 0.3) is 0 Å². The SMILES string of the molecule is COCCOCCOCCOCCOCCOCCOCCOC1CC[C@@]2(O)[C@H]3Cc4ccc(OCOCCOC)c5c4[C@@]2(CCN3CC2CCC2)[C@H]1O5. The van der Waals surface area contributed by atoms with Crippen LogP contribution in [0.1, 0.15) is 49.7 Å². The summed E-state index contributed by atoms with van der Waals surface area (Å²) in [7, 11) is 3.30. The first kappa shape index (κ1) is 42.0. The maximum Gasteiger partial charge on any atom is 0.189 e. The maximum absolute atomic E-state index is 12.9. The smallest absolute Gasteiger partial charge is 0.189 e. The number of rotatable bonds is 30. The second kappa shape index (κ2) is 21.8. The van der Waals surface area contributed by atoms with E-state index in [0.717, 1.165) is 49.6 Å². The summed E-state index contributed by atoms with van der Waals surface area (Å²) in [6, 6.07) is 4.26. The second-order valence-corrected chi connectivity index (χ2v) is 14.9. The summed E-state index contributed by atoms with van der Waals surface area (Å²) in [5, 5.41) is 12.9. The predicted octanol–water partition coefficient (Wildman–Crippen LogP) is 2.77. The molecule has 5 atom stereocenters. The molecule has 3 fully saturated rings. The molecule has 308 valence electrons. The van der Waals surface area contributed by atoms with Crippen LogP contribution in [-0.2, 0) is 59.2 Å². The normalized spacial score (nSPS) is 27.1. The molecule has 2 heterocycles. The zero-order valence-electron chi connectivity index (χ0n) is 32.6. The van der Waals surface area contributed by atoms with E-state index in [4.69, 9.17) is 56.8 Å². The molecule has 2 saturated carbocycles. The van der Waals surface area contributed by atoms with Crippen molar-refractivity contribution in [1.82, 2.24) is 4.90 Å². The third kappa shape index (κ3) is 10.1. The van der Waals surface area contributed by atoms with Crippen molar-refractivity contribution in [1.29, 1.82) is 0 Å². The molecule has 1 saturated heterocycles. The molecule has 0 amide bonds. The van der Waals surface area contributed by atoms with E-state index in [1.165, 1.54) is 24.8 Å². The Hall–Kier alpha value is -1.66. The summed E-state index contributed by atoms with van der Waals surface area (Å²) in [6.07, 6.45) is 6.49. The standard InChI is InChI=1S/C40H65NO13/c1-43-12-14-45-16-17-46-18-19-47-20-21-48-22-23-49-24-25-50-26-27-52-34-8-9-40(42)35-28-32-6-7-33(53-30-51-15-13-44-2)37-36(32)39(40,38(34)54-37)10-11-41(35)29-31-4-3-5-31/h6-7,31,34-35,38,42H,3-5,8-30H2,1-2H3/t34?,35-,38+,39+,40-/m1/s1. The summed E-state index contributed by atoms with van der Waals surface area (Å²) in [4.78, 5) is 2.60. The highest BCUT2D eigenvalue weighted by Crippen LogP contribution is 2.66. The summed E-state index contributed by atoms with van der Waals surface area (Å²) < 4.78 is 68.7. The Morgan fingerprint density at radius 2 is 1.28 bits per heavy atom. The molecule has 2 aliphatic heterocycles. The van der Waals surface area contributed by atoms with Gasteiger partial charge in [-0.1, -0.05) is 12.5 Å². The van der Waals surface area contributed by atoms with Crippen molar-refractivity contribution in [3.8, 4) is 11.5 Å². The second-order valence-electron chi connectivity index (χ2n) is 14.9. The highest BCUT2D eigenvalue weighted by Gasteiger charge is 2.73. The fourth-order valence-corrected chi connectivity index (χ4v) is 8.99. The number of nitrogens with zero attached hydrogens (tertiary/aromatic N) is 1. The summed E-state index contributed by atoms with van der Waals surface area (Å²) >= 11 is 0. The van der Waals surface area contributed by atoms with E-state index in [0.29, 0.717) is 118 Å². The molecule has 1 aromatic rings. The lowest BCUT2D eigenvalue weighted by Gasteiger charge is -2.64. The fourth-order valence-electron chi connectivity index (χ4n) is 8.99. The molecule has 14 nitrogen and oxygen atoms in total. The van der Waals surface area contributed by atoms with Crippen LogP contribution in [0.4, 0.5) is 0 Å². The zero-order chi connectivity index (χ0) is 37.5. The van der Waals surface area contributed by atoms with Crippen molar-refractivity contribution in [3.63, 3.8) is 0 Å². The number of ether oxygens (including phenoxy) is 12. The van der Waals surface area contributed by atoms with E-state index in [1.54, 1.807) is 14.2 Å². The minimum atomic E-state index is -0.898. The molecule has 6 rings (SSSR count). The molecular weight excluding hydrogens is 702 g/mol. The average Bonchev–Trinajstić information content (AvgIpc) is 3.51. The van der Waals surface area contributed by atoms with E-state index < -0.39 is 11.0 Å². The Labute approximate surface area is 321 Å². The van der Waals surface area contributed by atoms with Crippen molar-refractivity contribution in [2.75, 3.05) is 140 Å². The van der Waals surface area contributed by atoms with E-state index in [1.807, 2.05) is 6.07 Å². The Morgan fingerprint density at radius 1 is 0.704 bits per heavy atom. The van der Waals surface area contributed by atoms with E-state index in [2.05, 4.69) is 11.0 Å².